The Morgan fingerprint density at radius 1 is 1.12 bits per heavy atom. The highest BCUT2D eigenvalue weighted by Gasteiger charge is 2.60. The summed E-state index contributed by atoms with van der Waals surface area (Å²) in [5, 5.41) is 0. The first-order chi connectivity index (χ1) is 12.3. The van der Waals surface area contributed by atoms with Crippen molar-refractivity contribution in [2.45, 2.75) is 90.7 Å². The van der Waals surface area contributed by atoms with Gasteiger partial charge in [0.1, 0.15) is 17.9 Å². The van der Waals surface area contributed by atoms with Crippen LogP contribution in [-0.2, 0) is 14.3 Å². The lowest BCUT2D eigenvalue weighted by molar-refractivity contribution is -0.163. The molecule has 146 valence electrons. The van der Waals surface area contributed by atoms with Crippen LogP contribution in [0.25, 0.3) is 0 Å². The van der Waals surface area contributed by atoms with Gasteiger partial charge in [0.05, 0.1) is 0 Å². The first-order valence-electron chi connectivity index (χ1n) is 10.7. The van der Waals surface area contributed by atoms with E-state index in [9.17, 15) is 9.59 Å². The van der Waals surface area contributed by atoms with Gasteiger partial charge in [-0.05, 0) is 87.4 Å². The Morgan fingerprint density at radius 3 is 2.62 bits per heavy atom. The number of nitrogens with two attached hydrogens (primary N) is 1. The van der Waals surface area contributed by atoms with Crippen LogP contribution in [0.1, 0.15) is 78.6 Å². The smallest absolute Gasteiger partial charge is 0.322 e. The number of carbonyl (C=O) groups is 2. The van der Waals surface area contributed by atoms with Gasteiger partial charge in [-0.3, -0.25) is 9.59 Å². The second-order valence-corrected chi connectivity index (χ2v) is 10.2. The van der Waals surface area contributed by atoms with Gasteiger partial charge in [0.15, 0.2) is 0 Å². The average Bonchev–Trinajstić information content (AvgIpc) is 2.90. The summed E-state index contributed by atoms with van der Waals surface area (Å²) in [4.78, 5) is 24.4. The molecule has 0 bridgehead atoms. The predicted molar refractivity (Wildman–Crippen MR) is 100 cm³/mol. The Hall–Kier alpha value is -0.900. The van der Waals surface area contributed by atoms with Crippen molar-refractivity contribution in [1.29, 1.82) is 0 Å². The molecule has 0 amide bonds. The van der Waals surface area contributed by atoms with Crippen LogP contribution in [0, 0.1) is 34.5 Å². The third-order valence-corrected chi connectivity index (χ3v) is 8.98. The Bertz CT molecular complexity index is 602. The summed E-state index contributed by atoms with van der Waals surface area (Å²) in [5.41, 5.74) is 5.99. The van der Waals surface area contributed by atoms with Crippen LogP contribution in [-0.4, -0.2) is 23.9 Å². The van der Waals surface area contributed by atoms with E-state index in [1.54, 1.807) is 6.92 Å². The van der Waals surface area contributed by atoms with E-state index in [2.05, 4.69) is 13.8 Å². The molecule has 0 heterocycles. The van der Waals surface area contributed by atoms with E-state index in [0.717, 1.165) is 50.4 Å². The minimum absolute atomic E-state index is 0.0334. The summed E-state index contributed by atoms with van der Waals surface area (Å²) in [5.74, 6) is 3.00. The molecule has 0 aromatic rings. The topological polar surface area (TPSA) is 69.4 Å². The first-order valence-corrected chi connectivity index (χ1v) is 10.7. The normalized spacial score (nSPS) is 48.9. The minimum atomic E-state index is -0.532. The molecule has 4 rings (SSSR count). The summed E-state index contributed by atoms with van der Waals surface area (Å²) in [7, 11) is 0. The molecule has 4 fully saturated rings. The van der Waals surface area contributed by atoms with E-state index in [1.807, 2.05) is 0 Å². The Kier molecular flexibility index (Phi) is 4.49. The van der Waals surface area contributed by atoms with Crippen LogP contribution in [0.5, 0.6) is 0 Å². The van der Waals surface area contributed by atoms with Gasteiger partial charge < -0.3 is 10.5 Å². The summed E-state index contributed by atoms with van der Waals surface area (Å²) in [6.45, 7) is 6.45. The van der Waals surface area contributed by atoms with Gasteiger partial charge in [-0.2, -0.15) is 0 Å². The van der Waals surface area contributed by atoms with Gasteiger partial charge in [0.25, 0.3) is 0 Å². The molecule has 4 aliphatic rings. The molecule has 0 saturated heterocycles. The largest absolute Gasteiger partial charge is 0.461 e. The van der Waals surface area contributed by atoms with Gasteiger partial charge in [-0.1, -0.05) is 13.8 Å². The maximum atomic E-state index is 12.5. The number of ether oxygens (including phenoxy) is 1. The quantitative estimate of drug-likeness (QED) is 0.758. The number of ketones is 1. The molecule has 4 heteroatoms. The Balaban J connectivity index is 1.49. The van der Waals surface area contributed by atoms with Crippen molar-refractivity contribution in [3.05, 3.63) is 0 Å². The lowest BCUT2D eigenvalue weighted by Gasteiger charge is -2.60. The molecule has 0 radical (unpaired) electrons. The molecule has 4 saturated carbocycles. The van der Waals surface area contributed by atoms with E-state index in [1.165, 1.54) is 19.3 Å². The van der Waals surface area contributed by atoms with E-state index in [4.69, 9.17) is 10.5 Å². The third kappa shape index (κ3) is 2.66. The molecule has 2 N–H and O–H groups in total. The van der Waals surface area contributed by atoms with Crippen LogP contribution >= 0.6 is 0 Å². The van der Waals surface area contributed by atoms with Crippen LogP contribution in [0.2, 0.25) is 0 Å². The van der Waals surface area contributed by atoms with Crippen molar-refractivity contribution < 1.29 is 14.3 Å². The summed E-state index contributed by atoms with van der Waals surface area (Å²) < 4.78 is 5.67. The second-order valence-electron chi connectivity index (χ2n) is 10.2. The fourth-order valence-corrected chi connectivity index (χ4v) is 7.37. The highest BCUT2D eigenvalue weighted by molar-refractivity contribution is 5.87. The van der Waals surface area contributed by atoms with Crippen LogP contribution in [0.3, 0.4) is 0 Å². The minimum Gasteiger partial charge on any atom is -0.461 e. The number of hydrogen-bond donors (Lipinski definition) is 1. The zero-order valence-corrected chi connectivity index (χ0v) is 16.6. The number of Topliss-reactive ketones (excluding diaryl/α,β-unsaturated/α-hetero) is 1. The van der Waals surface area contributed by atoms with Gasteiger partial charge in [-0.25, -0.2) is 0 Å². The first kappa shape index (κ1) is 18.5. The summed E-state index contributed by atoms with van der Waals surface area (Å²) in [6.07, 6.45) is 9.86. The van der Waals surface area contributed by atoms with Gasteiger partial charge in [0.2, 0.25) is 0 Å². The van der Waals surface area contributed by atoms with Crippen molar-refractivity contribution in [2.75, 3.05) is 0 Å². The molecular weight excluding hydrogens is 326 g/mol. The van der Waals surface area contributed by atoms with Crippen LogP contribution < -0.4 is 5.73 Å². The molecular formula is C22H35NO3. The molecule has 0 spiro atoms. The molecule has 7 unspecified atom stereocenters. The van der Waals surface area contributed by atoms with Crippen molar-refractivity contribution in [3.63, 3.8) is 0 Å². The Morgan fingerprint density at radius 2 is 1.88 bits per heavy atom. The van der Waals surface area contributed by atoms with Gasteiger partial charge >= 0.3 is 5.97 Å². The van der Waals surface area contributed by atoms with Crippen molar-refractivity contribution in [1.82, 2.24) is 0 Å². The summed E-state index contributed by atoms with van der Waals surface area (Å²) in [6, 6.07) is -0.532. The lowest BCUT2D eigenvalue weighted by atomic mass is 9.45. The monoisotopic (exact) mass is 361 g/mol. The molecule has 4 nitrogen and oxygen atoms in total. The second kappa shape index (κ2) is 6.32. The molecule has 8 atom stereocenters. The maximum absolute atomic E-state index is 12.5. The average molecular weight is 362 g/mol. The van der Waals surface area contributed by atoms with E-state index >= 15 is 0 Å². The van der Waals surface area contributed by atoms with Gasteiger partial charge in [0, 0.05) is 11.8 Å². The number of fused-ring (bicyclic) bond motifs is 5. The molecule has 0 aromatic heterocycles. The lowest BCUT2D eigenvalue weighted by Crippen LogP contribution is -2.54. The van der Waals surface area contributed by atoms with Crippen molar-refractivity contribution in [3.8, 4) is 0 Å². The van der Waals surface area contributed by atoms with E-state index < -0.39 is 6.04 Å². The third-order valence-electron chi connectivity index (χ3n) is 8.98. The van der Waals surface area contributed by atoms with Gasteiger partial charge in [-0.15, -0.1) is 0 Å². The highest BCUT2D eigenvalue weighted by Crippen LogP contribution is 2.65. The summed E-state index contributed by atoms with van der Waals surface area (Å²) >= 11 is 0. The van der Waals surface area contributed by atoms with Crippen LogP contribution in [0.15, 0.2) is 0 Å². The molecule has 4 aliphatic carbocycles. The Labute approximate surface area is 157 Å². The zero-order valence-electron chi connectivity index (χ0n) is 16.6. The fourth-order valence-electron chi connectivity index (χ4n) is 7.37. The standard InChI is InChI=1S/C22H35NO3/c1-13(23)20(25)26-15-8-10-21(2)14(12-15)4-5-16-17-6-7-19(24)22(17,3)11-9-18(16)21/h13-18H,4-12,23H2,1-3H3/t13-,14?,15?,16?,17?,18?,21?,22?/m1/s1. The number of esters is 1. The van der Waals surface area contributed by atoms with E-state index in [-0.39, 0.29) is 17.5 Å². The number of rotatable bonds is 2. The predicted octanol–water partition coefficient (Wildman–Crippen LogP) is 3.86. The van der Waals surface area contributed by atoms with E-state index in [0.29, 0.717) is 23.0 Å². The SMILES string of the molecule is C[C@@H](N)C(=O)OC1CCC2(C)C(CCC3C4CCC(=O)C4(C)CCC32)C1. The zero-order chi connectivity index (χ0) is 18.7. The van der Waals surface area contributed by atoms with Crippen molar-refractivity contribution in [2.24, 2.45) is 40.2 Å². The van der Waals surface area contributed by atoms with Crippen molar-refractivity contribution >= 4 is 11.8 Å². The number of hydrogen-bond acceptors (Lipinski definition) is 4. The molecule has 26 heavy (non-hydrogen) atoms. The maximum Gasteiger partial charge on any atom is 0.322 e. The molecule has 0 aliphatic heterocycles. The molecule has 0 aromatic carbocycles. The fraction of sp³-hybridized carbons (Fsp3) is 0.909. The van der Waals surface area contributed by atoms with Crippen LogP contribution in [0.4, 0.5) is 0 Å². The number of carbonyl (C=O) groups excluding carboxylic acids is 2. The highest BCUT2D eigenvalue weighted by atomic mass is 16.5.